The van der Waals surface area contributed by atoms with Crippen molar-refractivity contribution < 1.29 is 19.1 Å². The quantitative estimate of drug-likeness (QED) is 0.802. The number of carbonyl (C=O) groups is 2. The molecule has 1 saturated carbocycles. The summed E-state index contributed by atoms with van der Waals surface area (Å²) in [6.45, 7) is -0.145. The highest BCUT2D eigenvalue weighted by Gasteiger charge is 2.36. The number of benzene rings is 1. The summed E-state index contributed by atoms with van der Waals surface area (Å²) in [6, 6.07) is 6.78. The number of ether oxygens (including phenoxy) is 2. The summed E-state index contributed by atoms with van der Waals surface area (Å²) in [7, 11) is 1.30. The number of amides is 1. The number of methoxy groups -OCH3 is 1. The van der Waals surface area contributed by atoms with Crippen molar-refractivity contribution in [2.24, 2.45) is 5.73 Å². The molecule has 0 saturated heterocycles. The van der Waals surface area contributed by atoms with Gasteiger partial charge in [0.2, 0.25) is 5.91 Å². The molecule has 2 rings (SSSR count). The number of anilines is 1. The van der Waals surface area contributed by atoms with Crippen LogP contribution >= 0.6 is 0 Å². The van der Waals surface area contributed by atoms with E-state index in [1.165, 1.54) is 7.11 Å². The Labute approximate surface area is 123 Å². The van der Waals surface area contributed by atoms with E-state index >= 15 is 0 Å². The summed E-state index contributed by atoms with van der Waals surface area (Å²) in [4.78, 5) is 23.1. The highest BCUT2D eigenvalue weighted by Crippen LogP contribution is 2.28. The van der Waals surface area contributed by atoms with Crippen LogP contribution in [0.3, 0.4) is 0 Å². The summed E-state index contributed by atoms with van der Waals surface area (Å²) in [5.74, 6) is -0.0661. The maximum Gasteiger partial charge on any atom is 0.343 e. The summed E-state index contributed by atoms with van der Waals surface area (Å²) in [6.07, 6.45) is 3.42. The number of carbonyl (C=O) groups excluding carboxylic acids is 2. The van der Waals surface area contributed by atoms with Crippen molar-refractivity contribution in [1.82, 2.24) is 0 Å². The Bertz CT molecular complexity index is 507. The summed E-state index contributed by atoms with van der Waals surface area (Å²) in [5.41, 5.74) is 5.99. The fraction of sp³-hybridized carbons (Fsp3) is 0.467. The molecule has 1 amide bonds. The Morgan fingerprint density at radius 3 is 2.43 bits per heavy atom. The van der Waals surface area contributed by atoms with Gasteiger partial charge in [-0.3, -0.25) is 4.79 Å². The first kappa shape index (κ1) is 15.3. The minimum absolute atomic E-state index is 0.145. The van der Waals surface area contributed by atoms with Gasteiger partial charge in [0.25, 0.3) is 0 Å². The van der Waals surface area contributed by atoms with Crippen LogP contribution in [0.15, 0.2) is 24.3 Å². The van der Waals surface area contributed by atoms with E-state index in [-0.39, 0.29) is 12.5 Å². The molecule has 0 aromatic heterocycles. The van der Waals surface area contributed by atoms with E-state index in [9.17, 15) is 9.59 Å². The minimum Gasteiger partial charge on any atom is -0.482 e. The van der Waals surface area contributed by atoms with Gasteiger partial charge in [-0.1, -0.05) is 12.8 Å². The van der Waals surface area contributed by atoms with Crippen LogP contribution < -0.4 is 15.8 Å². The van der Waals surface area contributed by atoms with Gasteiger partial charge >= 0.3 is 5.97 Å². The molecule has 0 radical (unpaired) electrons. The number of rotatable bonds is 5. The number of hydrogen-bond donors (Lipinski definition) is 2. The first-order chi connectivity index (χ1) is 10.0. The minimum atomic E-state index is -0.750. The molecule has 0 unspecified atom stereocenters. The Hall–Kier alpha value is -2.08. The molecule has 0 heterocycles. The Balaban J connectivity index is 1.90. The van der Waals surface area contributed by atoms with E-state index in [0.717, 1.165) is 25.7 Å². The van der Waals surface area contributed by atoms with E-state index in [0.29, 0.717) is 11.4 Å². The number of esters is 1. The van der Waals surface area contributed by atoms with Crippen LogP contribution in [0.5, 0.6) is 5.75 Å². The third-order valence-electron chi connectivity index (χ3n) is 3.64. The summed E-state index contributed by atoms with van der Waals surface area (Å²) in [5, 5.41) is 2.82. The SMILES string of the molecule is COC(=O)COc1ccc(NC(=O)C2(N)CCCC2)cc1. The lowest BCUT2D eigenvalue weighted by Crippen LogP contribution is -2.48. The van der Waals surface area contributed by atoms with Crippen molar-refractivity contribution >= 4 is 17.6 Å². The molecule has 1 fully saturated rings. The van der Waals surface area contributed by atoms with Gasteiger partial charge < -0.3 is 20.5 Å². The molecule has 21 heavy (non-hydrogen) atoms. The van der Waals surface area contributed by atoms with E-state index in [1.807, 2.05) is 0 Å². The normalized spacial score (nSPS) is 16.3. The zero-order chi connectivity index (χ0) is 15.3. The van der Waals surface area contributed by atoms with Gasteiger partial charge in [-0.2, -0.15) is 0 Å². The predicted octanol–water partition coefficient (Wildman–Crippen LogP) is 1.45. The maximum atomic E-state index is 12.1. The molecule has 0 atom stereocenters. The molecule has 3 N–H and O–H groups in total. The van der Waals surface area contributed by atoms with Gasteiger partial charge in [0.15, 0.2) is 6.61 Å². The first-order valence-corrected chi connectivity index (χ1v) is 6.93. The van der Waals surface area contributed by atoms with Gasteiger partial charge in [0, 0.05) is 5.69 Å². The highest BCUT2D eigenvalue weighted by atomic mass is 16.6. The van der Waals surface area contributed by atoms with Crippen LogP contribution in [-0.4, -0.2) is 31.1 Å². The smallest absolute Gasteiger partial charge is 0.343 e. The third-order valence-corrected chi connectivity index (χ3v) is 3.64. The van der Waals surface area contributed by atoms with Crippen molar-refractivity contribution in [3.05, 3.63) is 24.3 Å². The molecule has 114 valence electrons. The van der Waals surface area contributed by atoms with Gasteiger partial charge in [-0.05, 0) is 37.1 Å². The van der Waals surface area contributed by atoms with Gasteiger partial charge in [0.05, 0.1) is 12.6 Å². The van der Waals surface area contributed by atoms with Crippen LogP contribution in [0.25, 0.3) is 0 Å². The highest BCUT2D eigenvalue weighted by molar-refractivity contribution is 5.98. The van der Waals surface area contributed by atoms with E-state index in [4.69, 9.17) is 10.5 Å². The topological polar surface area (TPSA) is 90.6 Å². The van der Waals surface area contributed by atoms with Crippen molar-refractivity contribution in [2.45, 2.75) is 31.2 Å². The second-order valence-corrected chi connectivity index (χ2v) is 5.21. The summed E-state index contributed by atoms with van der Waals surface area (Å²) >= 11 is 0. The molecule has 6 heteroatoms. The molecular formula is C15H20N2O4. The Morgan fingerprint density at radius 2 is 1.86 bits per heavy atom. The second kappa shape index (κ2) is 6.58. The average molecular weight is 292 g/mol. The van der Waals surface area contributed by atoms with Crippen molar-refractivity contribution in [3.8, 4) is 5.75 Å². The molecule has 1 aromatic rings. The lowest BCUT2D eigenvalue weighted by Gasteiger charge is -2.22. The number of nitrogens with two attached hydrogens (primary N) is 1. The van der Waals surface area contributed by atoms with Gasteiger partial charge in [-0.15, -0.1) is 0 Å². The molecule has 1 aliphatic rings. The number of nitrogens with one attached hydrogen (secondary N) is 1. The molecule has 0 spiro atoms. The first-order valence-electron chi connectivity index (χ1n) is 6.93. The molecule has 0 bridgehead atoms. The van der Waals surface area contributed by atoms with Gasteiger partial charge in [0.1, 0.15) is 5.75 Å². The number of hydrogen-bond acceptors (Lipinski definition) is 5. The fourth-order valence-electron chi connectivity index (χ4n) is 2.32. The molecule has 6 nitrogen and oxygen atoms in total. The van der Waals surface area contributed by atoms with Crippen LogP contribution in [0.2, 0.25) is 0 Å². The molecular weight excluding hydrogens is 272 g/mol. The standard InChI is InChI=1S/C15H20N2O4/c1-20-13(18)10-21-12-6-4-11(5-7-12)17-14(19)15(16)8-2-3-9-15/h4-7H,2-3,8-10,16H2,1H3,(H,17,19). The Kier molecular flexibility index (Phi) is 4.80. The van der Waals surface area contributed by atoms with E-state index < -0.39 is 11.5 Å². The van der Waals surface area contributed by atoms with E-state index in [1.54, 1.807) is 24.3 Å². The van der Waals surface area contributed by atoms with Gasteiger partial charge in [-0.25, -0.2) is 4.79 Å². The zero-order valence-corrected chi connectivity index (χ0v) is 12.1. The molecule has 1 aliphatic carbocycles. The lowest BCUT2D eigenvalue weighted by atomic mass is 9.98. The summed E-state index contributed by atoms with van der Waals surface area (Å²) < 4.78 is 9.71. The van der Waals surface area contributed by atoms with Crippen LogP contribution in [0.4, 0.5) is 5.69 Å². The van der Waals surface area contributed by atoms with Crippen LogP contribution in [0, 0.1) is 0 Å². The molecule has 1 aromatic carbocycles. The van der Waals surface area contributed by atoms with E-state index in [2.05, 4.69) is 10.1 Å². The fourth-order valence-corrected chi connectivity index (χ4v) is 2.32. The maximum absolute atomic E-state index is 12.1. The second-order valence-electron chi connectivity index (χ2n) is 5.21. The van der Waals surface area contributed by atoms with Crippen molar-refractivity contribution in [2.75, 3.05) is 19.0 Å². The lowest BCUT2D eigenvalue weighted by molar-refractivity contribution is -0.142. The zero-order valence-electron chi connectivity index (χ0n) is 12.1. The average Bonchev–Trinajstić information content (AvgIpc) is 2.94. The third kappa shape index (κ3) is 3.95. The van der Waals surface area contributed by atoms with Crippen LogP contribution in [0.1, 0.15) is 25.7 Å². The Morgan fingerprint density at radius 1 is 1.24 bits per heavy atom. The van der Waals surface area contributed by atoms with Crippen molar-refractivity contribution in [3.63, 3.8) is 0 Å². The largest absolute Gasteiger partial charge is 0.482 e. The monoisotopic (exact) mass is 292 g/mol. The van der Waals surface area contributed by atoms with Crippen LogP contribution in [-0.2, 0) is 14.3 Å². The molecule has 0 aliphatic heterocycles. The predicted molar refractivity (Wildman–Crippen MR) is 78.0 cm³/mol. The van der Waals surface area contributed by atoms with Crippen molar-refractivity contribution in [1.29, 1.82) is 0 Å².